The zero-order valence-electron chi connectivity index (χ0n) is 19.8. The number of pyridine rings is 1. The maximum absolute atomic E-state index is 11.4. The fourth-order valence-electron chi connectivity index (χ4n) is 4.61. The fourth-order valence-corrected chi connectivity index (χ4v) is 4.61. The van der Waals surface area contributed by atoms with Crippen molar-refractivity contribution in [2.45, 2.75) is 38.1 Å². The Morgan fingerprint density at radius 1 is 1.12 bits per heavy atom. The van der Waals surface area contributed by atoms with Gasteiger partial charge in [0.2, 0.25) is 0 Å². The Kier molecular flexibility index (Phi) is 8.20. The van der Waals surface area contributed by atoms with Gasteiger partial charge in [-0.25, -0.2) is 9.78 Å². The number of carboxylic acid groups (broad SMARTS) is 1. The van der Waals surface area contributed by atoms with Gasteiger partial charge in [0, 0.05) is 35.8 Å². The van der Waals surface area contributed by atoms with Crippen molar-refractivity contribution in [2.75, 3.05) is 38.6 Å². The Morgan fingerprint density at radius 3 is 2.74 bits per heavy atom. The van der Waals surface area contributed by atoms with Crippen LogP contribution in [0.3, 0.4) is 0 Å². The van der Waals surface area contributed by atoms with Crippen LogP contribution in [0, 0.1) is 0 Å². The highest BCUT2D eigenvalue weighted by Crippen LogP contribution is 2.29. The van der Waals surface area contributed by atoms with E-state index >= 15 is 0 Å². The van der Waals surface area contributed by atoms with Crippen LogP contribution >= 0.6 is 0 Å². The van der Waals surface area contributed by atoms with Gasteiger partial charge in [-0.1, -0.05) is 18.2 Å². The molecule has 1 amide bonds. The van der Waals surface area contributed by atoms with E-state index in [1.165, 1.54) is 0 Å². The van der Waals surface area contributed by atoms with E-state index in [4.69, 9.17) is 9.72 Å². The molecule has 0 bridgehead atoms. The van der Waals surface area contributed by atoms with Gasteiger partial charge in [0.05, 0.1) is 18.3 Å². The molecule has 0 saturated carbocycles. The molecule has 7 heteroatoms. The van der Waals surface area contributed by atoms with E-state index < -0.39 is 6.09 Å². The maximum atomic E-state index is 11.4. The van der Waals surface area contributed by atoms with Crippen molar-refractivity contribution >= 4 is 22.7 Å². The highest BCUT2D eigenvalue weighted by atomic mass is 16.5. The molecule has 1 saturated heterocycles. The highest BCUT2D eigenvalue weighted by Gasteiger charge is 2.25. The number of fused-ring (bicyclic) bond motifs is 1. The number of benzene rings is 2. The number of anilines is 1. The van der Waals surface area contributed by atoms with Crippen LogP contribution < -0.4 is 15.4 Å². The smallest absolute Gasteiger partial charge is 0.407 e. The molecule has 1 unspecified atom stereocenters. The third-order valence-electron chi connectivity index (χ3n) is 6.47. The van der Waals surface area contributed by atoms with Gasteiger partial charge in [-0.05, 0) is 81.6 Å². The quantitative estimate of drug-likeness (QED) is 0.358. The Labute approximate surface area is 201 Å². The van der Waals surface area contributed by atoms with Gasteiger partial charge in [0.25, 0.3) is 0 Å². The van der Waals surface area contributed by atoms with Crippen LogP contribution in [0.15, 0.2) is 54.6 Å². The van der Waals surface area contributed by atoms with Crippen LogP contribution in [0.5, 0.6) is 5.75 Å². The number of hydrogen-bond acceptors (Lipinski definition) is 5. The van der Waals surface area contributed by atoms with Crippen molar-refractivity contribution in [3.8, 4) is 17.0 Å². The number of nitrogens with zero attached hydrogens (tertiary/aromatic N) is 2. The number of piperidine rings is 1. The Balaban J connectivity index is 1.30. The molecule has 180 valence electrons. The molecule has 7 nitrogen and oxygen atoms in total. The zero-order valence-corrected chi connectivity index (χ0v) is 19.8. The standard InChI is InChI=1S/C27H34N4O3/c1-34-22-12-10-20(11-13-22)25-19-26(23-8-2-3-9-24(23)30-25)29-16-6-15-28-17-14-21-7-4-5-18-31(21)27(32)33/h2-3,8-13,19,21,28H,4-7,14-18H2,1H3,(H,29,30)(H,32,33). The molecule has 0 radical (unpaired) electrons. The number of methoxy groups -OCH3 is 1. The molecule has 3 N–H and O–H groups in total. The molecule has 1 fully saturated rings. The van der Waals surface area contributed by atoms with Crippen molar-refractivity contribution in [3.05, 3.63) is 54.6 Å². The van der Waals surface area contributed by atoms with Crippen LogP contribution in [-0.2, 0) is 0 Å². The number of nitrogens with one attached hydrogen (secondary N) is 2. The first-order chi connectivity index (χ1) is 16.7. The molecule has 1 aliphatic rings. The SMILES string of the molecule is COc1ccc(-c2cc(NCCCNCCC3CCCCN3C(=O)O)c3ccccc3n2)cc1. The summed E-state index contributed by atoms with van der Waals surface area (Å²) in [5, 5.41) is 17.5. The molecule has 3 aromatic rings. The molecule has 0 aliphatic carbocycles. The topological polar surface area (TPSA) is 86.7 Å². The van der Waals surface area contributed by atoms with Crippen LogP contribution in [-0.4, -0.2) is 60.4 Å². The maximum Gasteiger partial charge on any atom is 0.407 e. The molecule has 1 aromatic heterocycles. The molecular formula is C27H34N4O3. The molecule has 1 aliphatic heterocycles. The number of para-hydroxylation sites is 1. The summed E-state index contributed by atoms with van der Waals surface area (Å²) < 4.78 is 5.28. The number of carbonyl (C=O) groups is 1. The van der Waals surface area contributed by atoms with E-state index in [-0.39, 0.29) is 6.04 Å². The van der Waals surface area contributed by atoms with E-state index in [0.717, 1.165) is 85.3 Å². The summed E-state index contributed by atoms with van der Waals surface area (Å²) in [4.78, 5) is 17.9. The normalized spacial score (nSPS) is 15.9. The molecule has 2 aromatic carbocycles. The van der Waals surface area contributed by atoms with Gasteiger partial charge in [-0.2, -0.15) is 0 Å². The number of ether oxygens (including phenoxy) is 1. The van der Waals surface area contributed by atoms with E-state index in [9.17, 15) is 9.90 Å². The zero-order chi connectivity index (χ0) is 23.8. The lowest BCUT2D eigenvalue weighted by atomic mass is 10.00. The lowest BCUT2D eigenvalue weighted by molar-refractivity contribution is 0.103. The van der Waals surface area contributed by atoms with Gasteiger partial charge in [0.15, 0.2) is 0 Å². The Hall–Kier alpha value is -3.32. The number of amides is 1. The predicted octanol–water partition coefficient (Wildman–Crippen LogP) is 5.22. The van der Waals surface area contributed by atoms with Gasteiger partial charge >= 0.3 is 6.09 Å². The lowest BCUT2D eigenvalue weighted by Gasteiger charge is -2.33. The summed E-state index contributed by atoms with van der Waals surface area (Å²) in [5.74, 6) is 0.828. The monoisotopic (exact) mass is 462 g/mol. The van der Waals surface area contributed by atoms with E-state index in [1.54, 1.807) is 12.0 Å². The minimum Gasteiger partial charge on any atom is -0.497 e. The van der Waals surface area contributed by atoms with Gasteiger partial charge in [-0.3, -0.25) is 0 Å². The molecule has 1 atom stereocenters. The van der Waals surface area contributed by atoms with Crippen LogP contribution in [0.2, 0.25) is 0 Å². The summed E-state index contributed by atoms with van der Waals surface area (Å²) in [6.45, 7) is 3.24. The third-order valence-corrected chi connectivity index (χ3v) is 6.47. The van der Waals surface area contributed by atoms with E-state index in [0.29, 0.717) is 6.54 Å². The van der Waals surface area contributed by atoms with Crippen LogP contribution in [0.4, 0.5) is 10.5 Å². The number of aromatic nitrogens is 1. The van der Waals surface area contributed by atoms with Crippen molar-refractivity contribution in [1.82, 2.24) is 15.2 Å². The highest BCUT2D eigenvalue weighted by molar-refractivity contribution is 5.93. The largest absolute Gasteiger partial charge is 0.497 e. The van der Waals surface area contributed by atoms with Crippen molar-refractivity contribution in [2.24, 2.45) is 0 Å². The van der Waals surface area contributed by atoms with Gasteiger partial charge < -0.3 is 25.4 Å². The Morgan fingerprint density at radius 2 is 1.94 bits per heavy atom. The summed E-state index contributed by atoms with van der Waals surface area (Å²) >= 11 is 0. The minimum absolute atomic E-state index is 0.149. The van der Waals surface area contributed by atoms with Crippen LogP contribution in [0.1, 0.15) is 32.1 Å². The first kappa shape index (κ1) is 23.8. The van der Waals surface area contributed by atoms with E-state index in [2.05, 4.69) is 22.8 Å². The number of likely N-dealkylation sites (tertiary alicyclic amines) is 1. The first-order valence-corrected chi connectivity index (χ1v) is 12.1. The van der Waals surface area contributed by atoms with E-state index in [1.807, 2.05) is 42.5 Å². The van der Waals surface area contributed by atoms with Gasteiger partial charge in [0.1, 0.15) is 5.75 Å². The number of rotatable bonds is 10. The van der Waals surface area contributed by atoms with Crippen molar-refractivity contribution in [3.63, 3.8) is 0 Å². The summed E-state index contributed by atoms with van der Waals surface area (Å²) in [5.41, 5.74) is 4.02. The minimum atomic E-state index is -0.785. The van der Waals surface area contributed by atoms with Crippen LogP contribution in [0.25, 0.3) is 22.2 Å². The number of hydrogen-bond donors (Lipinski definition) is 3. The fraction of sp³-hybridized carbons (Fsp3) is 0.407. The second-order valence-electron chi connectivity index (χ2n) is 8.75. The molecule has 4 rings (SSSR count). The Bertz CT molecular complexity index is 1090. The average molecular weight is 463 g/mol. The second kappa shape index (κ2) is 11.7. The molecular weight excluding hydrogens is 428 g/mol. The molecule has 0 spiro atoms. The molecule has 2 heterocycles. The lowest BCUT2D eigenvalue weighted by Crippen LogP contribution is -2.44. The first-order valence-electron chi connectivity index (χ1n) is 12.1. The summed E-state index contributed by atoms with van der Waals surface area (Å²) in [6.07, 6.45) is 4.14. The van der Waals surface area contributed by atoms with Gasteiger partial charge in [-0.15, -0.1) is 0 Å². The third kappa shape index (κ3) is 5.97. The van der Waals surface area contributed by atoms with Crippen molar-refractivity contribution in [1.29, 1.82) is 0 Å². The molecule has 34 heavy (non-hydrogen) atoms. The average Bonchev–Trinajstić information content (AvgIpc) is 2.88. The van der Waals surface area contributed by atoms with Crippen molar-refractivity contribution < 1.29 is 14.6 Å². The second-order valence-corrected chi connectivity index (χ2v) is 8.75. The summed E-state index contributed by atoms with van der Waals surface area (Å²) in [6, 6.07) is 18.4. The summed E-state index contributed by atoms with van der Waals surface area (Å²) in [7, 11) is 1.67. The predicted molar refractivity (Wildman–Crippen MR) is 137 cm³/mol.